The molecular weight excluding hydrogens is 326 g/mol. The predicted molar refractivity (Wildman–Crippen MR) is 89.3 cm³/mol. The number of nitrogen functional groups attached to an aromatic ring is 1. The first-order chi connectivity index (χ1) is 11.9. The van der Waals surface area contributed by atoms with Crippen molar-refractivity contribution < 1.29 is 19.0 Å². The maximum Gasteiger partial charge on any atom is 0.351 e. The Morgan fingerprint density at radius 3 is 2.56 bits per heavy atom. The fraction of sp³-hybridized carbons (Fsp3) is 0.375. The minimum Gasteiger partial charge on any atom is -0.482 e. The lowest BCUT2D eigenvalue weighted by molar-refractivity contribution is -0.159. The van der Waals surface area contributed by atoms with Crippen LogP contribution in [0.5, 0.6) is 11.5 Å². The van der Waals surface area contributed by atoms with Crippen LogP contribution in [-0.2, 0) is 16.1 Å². The maximum absolute atomic E-state index is 12.4. The molecule has 0 saturated heterocycles. The number of hydrogen-bond acceptors (Lipinski definition) is 9. The van der Waals surface area contributed by atoms with Crippen molar-refractivity contribution in [2.45, 2.75) is 25.7 Å². The normalized spacial score (nSPS) is 18.5. The fourth-order valence-corrected chi connectivity index (χ4v) is 2.29. The second-order valence-electron chi connectivity index (χ2n) is 5.72. The molecule has 0 unspecified atom stereocenters. The molecule has 1 aromatic carbocycles. The van der Waals surface area contributed by atoms with Crippen LogP contribution in [0.3, 0.4) is 0 Å². The number of nitrogens with two attached hydrogens (primary N) is 1. The van der Waals surface area contributed by atoms with Crippen molar-refractivity contribution in [1.82, 2.24) is 15.0 Å². The SMILES string of the molecule is C[C@H]1Oc2ccccc2O[C@H]1C(=O)OCc1nc(N)nc(N(C)C)n1. The molecule has 1 aliphatic heterocycles. The number of rotatable bonds is 4. The van der Waals surface area contributed by atoms with E-state index in [9.17, 15) is 4.79 Å². The molecule has 132 valence electrons. The molecule has 2 heterocycles. The smallest absolute Gasteiger partial charge is 0.351 e. The van der Waals surface area contributed by atoms with Crippen molar-refractivity contribution in [3.8, 4) is 11.5 Å². The van der Waals surface area contributed by atoms with Crippen LogP contribution in [0.15, 0.2) is 24.3 Å². The topological polar surface area (TPSA) is 113 Å². The highest BCUT2D eigenvalue weighted by Gasteiger charge is 2.35. The van der Waals surface area contributed by atoms with Gasteiger partial charge in [0.1, 0.15) is 6.10 Å². The highest BCUT2D eigenvalue weighted by molar-refractivity contribution is 5.76. The molecule has 1 aromatic heterocycles. The second-order valence-corrected chi connectivity index (χ2v) is 5.72. The average Bonchev–Trinajstić information content (AvgIpc) is 2.58. The van der Waals surface area contributed by atoms with E-state index in [0.717, 1.165) is 0 Å². The van der Waals surface area contributed by atoms with Gasteiger partial charge in [0.25, 0.3) is 0 Å². The summed E-state index contributed by atoms with van der Waals surface area (Å²) in [6.07, 6.45) is -1.36. The number of ether oxygens (including phenoxy) is 3. The van der Waals surface area contributed by atoms with Crippen molar-refractivity contribution in [3.05, 3.63) is 30.1 Å². The third-order valence-corrected chi connectivity index (χ3v) is 3.51. The van der Waals surface area contributed by atoms with E-state index >= 15 is 0 Å². The molecule has 0 radical (unpaired) electrons. The van der Waals surface area contributed by atoms with Crippen molar-refractivity contribution in [3.63, 3.8) is 0 Å². The molecular formula is C16H19N5O4. The van der Waals surface area contributed by atoms with Gasteiger partial charge in [-0.25, -0.2) is 4.79 Å². The number of carbonyl (C=O) groups is 1. The zero-order valence-electron chi connectivity index (χ0n) is 14.2. The van der Waals surface area contributed by atoms with Crippen LogP contribution >= 0.6 is 0 Å². The third-order valence-electron chi connectivity index (χ3n) is 3.51. The largest absolute Gasteiger partial charge is 0.482 e. The van der Waals surface area contributed by atoms with Gasteiger partial charge in [-0.05, 0) is 19.1 Å². The lowest BCUT2D eigenvalue weighted by Crippen LogP contribution is -2.44. The number of nitrogens with zero attached hydrogens (tertiary/aromatic N) is 4. The number of aromatic nitrogens is 3. The Hall–Kier alpha value is -3.10. The Bertz CT molecular complexity index is 783. The summed E-state index contributed by atoms with van der Waals surface area (Å²) >= 11 is 0. The van der Waals surface area contributed by atoms with Gasteiger partial charge in [-0.1, -0.05) is 12.1 Å². The standard InChI is InChI=1S/C16H19N5O4/c1-9-13(25-11-7-5-4-6-10(11)24-9)14(22)23-8-12-18-15(17)20-16(19-12)21(2)3/h4-7,9,13H,8H2,1-3H3,(H2,17,18,19,20)/t9-,13-/m1/s1. The van der Waals surface area contributed by atoms with E-state index in [4.69, 9.17) is 19.9 Å². The van der Waals surface area contributed by atoms with Crippen LogP contribution < -0.4 is 20.1 Å². The van der Waals surface area contributed by atoms with Gasteiger partial charge >= 0.3 is 5.97 Å². The number of anilines is 2. The van der Waals surface area contributed by atoms with Gasteiger partial charge in [-0.2, -0.15) is 15.0 Å². The third kappa shape index (κ3) is 3.70. The van der Waals surface area contributed by atoms with Crippen LogP contribution in [0.4, 0.5) is 11.9 Å². The van der Waals surface area contributed by atoms with Gasteiger partial charge in [0.05, 0.1) is 0 Å². The summed E-state index contributed by atoms with van der Waals surface area (Å²) < 4.78 is 16.7. The van der Waals surface area contributed by atoms with Crippen molar-refractivity contribution in [2.24, 2.45) is 0 Å². The Balaban J connectivity index is 1.67. The summed E-state index contributed by atoms with van der Waals surface area (Å²) in [4.78, 5) is 26.2. The molecule has 2 N–H and O–H groups in total. The van der Waals surface area contributed by atoms with Gasteiger partial charge in [0.15, 0.2) is 23.9 Å². The van der Waals surface area contributed by atoms with Gasteiger partial charge in [-0.3, -0.25) is 0 Å². The van der Waals surface area contributed by atoms with E-state index in [-0.39, 0.29) is 18.4 Å². The highest BCUT2D eigenvalue weighted by atomic mass is 16.6. The summed E-state index contributed by atoms with van der Waals surface area (Å²) in [6.45, 7) is 1.60. The van der Waals surface area contributed by atoms with Gasteiger partial charge in [-0.15, -0.1) is 0 Å². The molecule has 1 aliphatic rings. The highest BCUT2D eigenvalue weighted by Crippen LogP contribution is 2.33. The van der Waals surface area contributed by atoms with Crippen molar-refractivity contribution in [1.29, 1.82) is 0 Å². The van der Waals surface area contributed by atoms with Crippen molar-refractivity contribution in [2.75, 3.05) is 24.7 Å². The number of fused-ring (bicyclic) bond motifs is 1. The number of hydrogen-bond donors (Lipinski definition) is 1. The summed E-state index contributed by atoms with van der Waals surface area (Å²) in [5.41, 5.74) is 5.65. The fourth-order valence-electron chi connectivity index (χ4n) is 2.29. The van der Waals surface area contributed by atoms with E-state index in [1.807, 2.05) is 6.07 Å². The molecule has 25 heavy (non-hydrogen) atoms. The minimum atomic E-state index is -0.873. The maximum atomic E-state index is 12.4. The molecule has 2 atom stereocenters. The van der Waals surface area contributed by atoms with Crippen LogP contribution in [0, 0.1) is 0 Å². The minimum absolute atomic E-state index is 0.0595. The quantitative estimate of drug-likeness (QED) is 0.803. The number of para-hydroxylation sites is 2. The zero-order valence-corrected chi connectivity index (χ0v) is 14.2. The predicted octanol–water partition coefficient (Wildman–Crippen LogP) is 0.791. The number of carbonyl (C=O) groups excluding carboxylic acids is 1. The van der Waals surface area contributed by atoms with Gasteiger partial charge in [0, 0.05) is 14.1 Å². The zero-order chi connectivity index (χ0) is 18.0. The molecule has 0 amide bonds. The Kier molecular flexibility index (Phi) is 4.55. The van der Waals surface area contributed by atoms with E-state index in [2.05, 4.69) is 15.0 Å². The first-order valence-electron chi connectivity index (χ1n) is 7.71. The Labute approximate surface area is 144 Å². The van der Waals surface area contributed by atoms with Gasteiger partial charge < -0.3 is 24.8 Å². The van der Waals surface area contributed by atoms with E-state index in [0.29, 0.717) is 17.4 Å². The molecule has 0 bridgehead atoms. The lowest BCUT2D eigenvalue weighted by Gasteiger charge is -2.30. The number of esters is 1. The summed E-state index contributed by atoms with van der Waals surface area (Å²) in [5, 5.41) is 0. The molecule has 0 spiro atoms. The molecule has 0 saturated carbocycles. The summed E-state index contributed by atoms with van der Waals surface area (Å²) in [6, 6.07) is 7.15. The van der Waals surface area contributed by atoms with E-state index in [1.165, 1.54) is 0 Å². The summed E-state index contributed by atoms with van der Waals surface area (Å²) in [7, 11) is 3.55. The first-order valence-corrected chi connectivity index (χ1v) is 7.71. The summed E-state index contributed by atoms with van der Waals surface area (Å²) in [5.74, 6) is 1.24. The molecule has 0 fully saturated rings. The Morgan fingerprint density at radius 2 is 1.88 bits per heavy atom. The second kappa shape index (κ2) is 6.80. The molecule has 9 nitrogen and oxygen atoms in total. The molecule has 3 rings (SSSR count). The van der Waals surface area contributed by atoms with Crippen LogP contribution in [0.2, 0.25) is 0 Å². The Morgan fingerprint density at radius 1 is 1.20 bits per heavy atom. The number of benzene rings is 1. The van der Waals surface area contributed by atoms with Gasteiger partial charge in [0.2, 0.25) is 18.0 Å². The molecule has 0 aliphatic carbocycles. The van der Waals surface area contributed by atoms with Crippen molar-refractivity contribution >= 4 is 17.9 Å². The lowest BCUT2D eigenvalue weighted by atomic mass is 10.2. The van der Waals surface area contributed by atoms with E-state index < -0.39 is 18.2 Å². The monoisotopic (exact) mass is 345 g/mol. The first kappa shape index (κ1) is 16.7. The molecule has 2 aromatic rings. The van der Waals surface area contributed by atoms with E-state index in [1.54, 1.807) is 44.1 Å². The molecule has 9 heteroatoms. The average molecular weight is 345 g/mol. The van der Waals surface area contributed by atoms with Crippen LogP contribution in [-0.4, -0.2) is 47.2 Å². The van der Waals surface area contributed by atoms with Crippen LogP contribution in [0.25, 0.3) is 0 Å². The van der Waals surface area contributed by atoms with Crippen LogP contribution in [0.1, 0.15) is 12.7 Å².